The Bertz CT molecular complexity index is 440. The largest absolute Gasteiger partial charge is 0.481 e. The van der Waals surface area contributed by atoms with Crippen LogP contribution in [0.15, 0.2) is 0 Å². The maximum absolute atomic E-state index is 11.7. The minimum Gasteiger partial charge on any atom is -0.481 e. The van der Waals surface area contributed by atoms with E-state index in [1.54, 1.807) is 0 Å². The molecule has 3 atom stereocenters. The van der Waals surface area contributed by atoms with Gasteiger partial charge in [0.2, 0.25) is 6.04 Å². The molecule has 2 N–H and O–H groups in total. The Morgan fingerprint density at radius 1 is 0.778 bits per heavy atom. The summed E-state index contributed by atoms with van der Waals surface area (Å²) in [6, 6.07) is -1.34. The van der Waals surface area contributed by atoms with E-state index >= 15 is 0 Å². The average Bonchev–Trinajstić information content (AvgIpc) is 2.60. The van der Waals surface area contributed by atoms with Crippen LogP contribution in [0.2, 0.25) is 0 Å². The molecule has 0 fully saturated rings. The molecule has 0 aliphatic rings. The zero-order chi connectivity index (χ0) is 20.7. The second-order valence-corrected chi connectivity index (χ2v) is 7.42. The predicted molar refractivity (Wildman–Crippen MR) is 104 cm³/mol. The van der Waals surface area contributed by atoms with Crippen LogP contribution in [0, 0.1) is 22.0 Å². The van der Waals surface area contributed by atoms with Gasteiger partial charge in [0.05, 0.1) is 5.92 Å². The molecule has 0 rings (SSSR count). The van der Waals surface area contributed by atoms with Gasteiger partial charge in [-0.15, -0.1) is 0 Å². The Labute approximate surface area is 162 Å². The molecular weight excluding hydrogens is 350 g/mol. The second-order valence-electron chi connectivity index (χ2n) is 7.42. The van der Waals surface area contributed by atoms with Crippen molar-refractivity contribution in [2.45, 2.75) is 103 Å². The zero-order valence-electron chi connectivity index (χ0n) is 16.9. The van der Waals surface area contributed by atoms with Crippen LogP contribution < -0.4 is 0 Å². The second kappa shape index (κ2) is 15.4. The lowest BCUT2D eigenvalue weighted by atomic mass is 9.80. The van der Waals surface area contributed by atoms with Crippen LogP contribution in [-0.4, -0.2) is 33.1 Å². The normalized spacial score (nSPS) is 14.4. The summed E-state index contributed by atoms with van der Waals surface area (Å²) < 4.78 is 0. The molecule has 0 aliphatic heterocycles. The number of unbranched alkanes of at least 4 members (excludes halogenated alkanes) is 9. The minimum atomic E-state index is -1.47. The Hall–Kier alpha value is -1.66. The van der Waals surface area contributed by atoms with Gasteiger partial charge < -0.3 is 10.2 Å². The summed E-state index contributed by atoms with van der Waals surface area (Å²) in [5.74, 6) is -5.30. The number of hydrogen-bond acceptors (Lipinski definition) is 4. The lowest BCUT2D eigenvalue weighted by molar-refractivity contribution is -0.532. The quantitative estimate of drug-likeness (QED) is 0.191. The van der Waals surface area contributed by atoms with Crippen molar-refractivity contribution in [1.29, 1.82) is 0 Å². The summed E-state index contributed by atoms with van der Waals surface area (Å²) in [6.45, 7) is 4.18. The first-order chi connectivity index (χ1) is 12.9. The third-order valence-electron chi connectivity index (χ3n) is 5.19. The summed E-state index contributed by atoms with van der Waals surface area (Å²) in [4.78, 5) is 34.3. The molecule has 0 aliphatic carbocycles. The third kappa shape index (κ3) is 10.9. The van der Waals surface area contributed by atoms with E-state index in [4.69, 9.17) is 0 Å². The fourth-order valence-corrected chi connectivity index (χ4v) is 3.58. The van der Waals surface area contributed by atoms with Crippen molar-refractivity contribution in [3.63, 3.8) is 0 Å². The molecule has 0 aromatic rings. The van der Waals surface area contributed by atoms with E-state index in [0.29, 0.717) is 12.8 Å². The maximum atomic E-state index is 11.7. The summed E-state index contributed by atoms with van der Waals surface area (Å²) in [6.07, 6.45) is 10.4. The van der Waals surface area contributed by atoms with Crippen molar-refractivity contribution in [2.24, 2.45) is 11.8 Å². The van der Waals surface area contributed by atoms with E-state index in [1.807, 2.05) is 0 Å². The summed E-state index contributed by atoms with van der Waals surface area (Å²) in [5.41, 5.74) is 0. The molecule has 0 radical (unpaired) electrons. The van der Waals surface area contributed by atoms with Gasteiger partial charge >= 0.3 is 11.9 Å². The lowest BCUT2D eigenvalue weighted by Crippen LogP contribution is -2.42. The number of carbonyl (C=O) groups is 2. The summed E-state index contributed by atoms with van der Waals surface area (Å²) >= 11 is 0. The van der Waals surface area contributed by atoms with E-state index in [0.717, 1.165) is 57.8 Å². The first kappa shape index (κ1) is 25.3. The number of nitrogens with zero attached hydrogens (tertiary/aromatic N) is 1. The Morgan fingerprint density at radius 3 is 1.63 bits per heavy atom. The molecule has 0 amide bonds. The SMILES string of the molecule is CCCCCCCCC(C(C(=O)O)C(CCCCCCC)C(=O)O)[N+](=O)[O-]. The van der Waals surface area contributed by atoms with Gasteiger partial charge in [0.25, 0.3) is 0 Å². The molecule has 3 unspecified atom stereocenters. The smallest absolute Gasteiger partial charge is 0.314 e. The van der Waals surface area contributed by atoms with Gasteiger partial charge in [0.15, 0.2) is 0 Å². The number of carboxylic acid groups (broad SMARTS) is 2. The van der Waals surface area contributed by atoms with Crippen LogP contribution in [0.5, 0.6) is 0 Å². The number of hydrogen-bond donors (Lipinski definition) is 2. The van der Waals surface area contributed by atoms with Gasteiger partial charge in [0, 0.05) is 11.3 Å². The van der Waals surface area contributed by atoms with Crippen molar-refractivity contribution < 1.29 is 24.7 Å². The molecule has 0 spiro atoms. The molecular formula is C20H37NO6. The van der Waals surface area contributed by atoms with Crippen LogP contribution in [0.25, 0.3) is 0 Å². The predicted octanol–water partition coefficient (Wildman–Crippen LogP) is 5.14. The highest BCUT2D eigenvalue weighted by Gasteiger charge is 2.45. The van der Waals surface area contributed by atoms with Crippen LogP contribution in [0.3, 0.4) is 0 Å². The van der Waals surface area contributed by atoms with Crippen molar-refractivity contribution in [1.82, 2.24) is 0 Å². The minimum absolute atomic E-state index is 0.121. The fraction of sp³-hybridized carbons (Fsp3) is 0.900. The molecule has 0 aromatic carbocycles. The highest BCUT2D eigenvalue weighted by Crippen LogP contribution is 2.28. The number of nitro groups is 1. The van der Waals surface area contributed by atoms with E-state index in [9.17, 15) is 29.9 Å². The highest BCUT2D eigenvalue weighted by atomic mass is 16.6. The molecule has 158 valence electrons. The van der Waals surface area contributed by atoms with Gasteiger partial charge in [0.1, 0.15) is 5.92 Å². The van der Waals surface area contributed by atoms with Crippen LogP contribution in [-0.2, 0) is 9.59 Å². The first-order valence-corrected chi connectivity index (χ1v) is 10.5. The van der Waals surface area contributed by atoms with Crippen LogP contribution in [0.4, 0.5) is 0 Å². The number of aliphatic carboxylic acids is 2. The summed E-state index contributed by atoms with van der Waals surface area (Å²) in [5, 5.41) is 30.6. The molecule has 7 heteroatoms. The van der Waals surface area contributed by atoms with Crippen molar-refractivity contribution in [3.8, 4) is 0 Å². The maximum Gasteiger partial charge on any atom is 0.314 e. The highest BCUT2D eigenvalue weighted by molar-refractivity contribution is 5.80. The van der Waals surface area contributed by atoms with Gasteiger partial charge in [-0.25, -0.2) is 0 Å². The number of rotatable bonds is 18. The van der Waals surface area contributed by atoms with E-state index < -0.39 is 34.7 Å². The van der Waals surface area contributed by atoms with Crippen molar-refractivity contribution >= 4 is 11.9 Å². The van der Waals surface area contributed by atoms with Gasteiger partial charge in [-0.1, -0.05) is 78.1 Å². The monoisotopic (exact) mass is 387 g/mol. The zero-order valence-corrected chi connectivity index (χ0v) is 16.9. The molecule has 0 saturated carbocycles. The molecule has 0 bridgehead atoms. The van der Waals surface area contributed by atoms with E-state index in [2.05, 4.69) is 13.8 Å². The molecule has 27 heavy (non-hydrogen) atoms. The Morgan fingerprint density at radius 2 is 1.22 bits per heavy atom. The average molecular weight is 388 g/mol. The molecule has 0 saturated heterocycles. The third-order valence-corrected chi connectivity index (χ3v) is 5.19. The fourth-order valence-electron chi connectivity index (χ4n) is 3.58. The first-order valence-electron chi connectivity index (χ1n) is 10.5. The molecule has 0 heterocycles. The van der Waals surface area contributed by atoms with Gasteiger partial charge in [-0.3, -0.25) is 19.7 Å². The van der Waals surface area contributed by atoms with Crippen molar-refractivity contribution in [2.75, 3.05) is 0 Å². The van der Waals surface area contributed by atoms with Gasteiger partial charge in [-0.05, 0) is 12.8 Å². The standard InChI is InChI=1S/C20H37NO6/c1-3-5-7-9-11-13-15-17(21(26)27)18(20(24)25)16(19(22)23)14-12-10-8-6-4-2/h16-18H,3-15H2,1-2H3,(H,22,23)(H,24,25). The molecule has 7 nitrogen and oxygen atoms in total. The Kier molecular flexibility index (Phi) is 14.5. The van der Waals surface area contributed by atoms with Crippen molar-refractivity contribution in [3.05, 3.63) is 10.1 Å². The van der Waals surface area contributed by atoms with Crippen LogP contribution >= 0.6 is 0 Å². The Balaban J connectivity index is 4.89. The summed E-state index contributed by atoms with van der Waals surface area (Å²) in [7, 11) is 0. The van der Waals surface area contributed by atoms with Gasteiger partial charge in [-0.2, -0.15) is 0 Å². The lowest BCUT2D eigenvalue weighted by Gasteiger charge is -2.23. The molecule has 0 aromatic heterocycles. The number of carboxylic acids is 2. The van der Waals surface area contributed by atoms with E-state index in [-0.39, 0.29) is 12.8 Å². The van der Waals surface area contributed by atoms with E-state index in [1.165, 1.54) is 0 Å². The van der Waals surface area contributed by atoms with Crippen LogP contribution in [0.1, 0.15) is 97.3 Å². The topological polar surface area (TPSA) is 118 Å².